The molecular weight excluding hydrogens is 369 g/mol. The summed E-state index contributed by atoms with van der Waals surface area (Å²) in [4.78, 5) is 11.9. The van der Waals surface area contributed by atoms with Crippen molar-refractivity contribution >= 4 is 21.6 Å². The highest BCUT2D eigenvalue weighted by Crippen LogP contribution is 2.22. The smallest absolute Gasteiger partial charge is 0.232 e. The maximum absolute atomic E-state index is 13.9. The Kier molecular flexibility index (Phi) is 6.25. The van der Waals surface area contributed by atoms with Crippen molar-refractivity contribution in [1.29, 1.82) is 0 Å². The van der Waals surface area contributed by atoms with Gasteiger partial charge in [0, 0.05) is 12.6 Å². The number of nitrogens with zero attached hydrogens (tertiary/aromatic N) is 1. The third kappa shape index (κ3) is 5.22. The third-order valence-corrected chi connectivity index (χ3v) is 4.70. The van der Waals surface area contributed by atoms with E-state index < -0.39 is 33.4 Å². The lowest BCUT2D eigenvalue weighted by molar-refractivity contribution is -0.120. The Bertz CT molecular complexity index is 904. The van der Waals surface area contributed by atoms with Gasteiger partial charge in [-0.25, -0.2) is 21.6 Å². The summed E-state index contributed by atoms with van der Waals surface area (Å²) in [6, 6.07) is 8.30. The van der Waals surface area contributed by atoms with Crippen molar-refractivity contribution in [2.45, 2.75) is 6.42 Å². The largest absolute Gasteiger partial charge is 0.354 e. The van der Waals surface area contributed by atoms with Crippen LogP contribution in [0.25, 0.3) is 0 Å². The zero-order chi connectivity index (χ0) is 19.3. The van der Waals surface area contributed by atoms with Crippen LogP contribution in [0.2, 0.25) is 0 Å². The van der Waals surface area contributed by atoms with Crippen LogP contribution in [0.1, 0.15) is 5.56 Å². The molecule has 0 atom stereocenters. The number of nitrogens with one attached hydrogen (secondary N) is 1. The highest BCUT2D eigenvalue weighted by atomic mass is 32.2. The van der Waals surface area contributed by atoms with Crippen LogP contribution in [-0.4, -0.2) is 33.7 Å². The summed E-state index contributed by atoms with van der Waals surface area (Å²) in [6.45, 7) is -0.387. The molecule has 0 heterocycles. The van der Waals surface area contributed by atoms with Gasteiger partial charge in [0.25, 0.3) is 0 Å². The zero-order valence-corrected chi connectivity index (χ0v) is 14.7. The van der Waals surface area contributed by atoms with Gasteiger partial charge >= 0.3 is 0 Å². The second-order valence-corrected chi connectivity index (χ2v) is 7.46. The molecule has 26 heavy (non-hydrogen) atoms. The molecule has 140 valence electrons. The molecule has 0 unspecified atom stereocenters. The molecule has 2 aromatic rings. The number of hydrogen-bond donors (Lipinski definition) is 1. The molecule has 0 saturated heterocycles. The fourth-order valence-electron chi connectivity index (χ4n) is 2.32. The summed E-state index contributed by atoms with van der Waals surface area (Å²) in [5, 5.41) is 2.45. The summed E-state index contributed by atoms with van der Waals surface area (Å²) in [6.07, 6.45) is 0.660. The summed E-state index contributed by atoms with van der Waals surface area (Å²) < 4.78 is 64.9. The van der Waals surface area contributed by atoms with Gasteiger partial charge in [0.15, 0.2) is 0 Å². The molecule has 0 bridgehead atoms. The van der Waals surface area contributed by atoms with E-state index in [1.54, 1.807) is 6.07 Å². The zero-order valence-electron chi connectivity index (χ0n) is 13.9. The Morgan fingerprint density at radius 1 is 1.08 bits per heavy atom. The van der Waals surface area contributed by atoms with Gasteiger partial charge in [0.05, 0.1) is 24.9 Å². The van der Waals surface area contributed by atoms with Crippen LogP contribution in [0.4, 0.5) is 18.9 Å². The number of hydrogen-bond acceptors (Lipinski definition) is 3. The van der Waals surface area contributed by atoms with E-state index in [4.69, 9.17) is 0 Å². The summed E-state index contributed by atoms with van der Waals surface area (Å²) >= 11 is 0. The Labute approximate surface area is 149 Å². The molecule has 0 aliphatic carbocycles. The van der Waals surface area contributed by atoms with Crippen LogP contribution in [-0.2, 0) is 21.2 Å². The van der Waals surface area contributed by atoms with Gasteiger partial charge in [0.1, 0.15) is 17.5 Å². The molecule has 5 nitrogen and oxygen atoms in total. The number of benzene rings is 2. The van der Waals surface area contributed by atoms with Gasteiger partial charge in [-0.15, -0.1) is 0 Å². The van der Waals surface area contributed by atoms with Crippen molar-refractivity contribution in [1.82, 2.24) is 5.32 Å². The van der Waals surface area contributed by atoms with E-state index in [1.165, 1.54) is 18.2 Å². The number of carbonyl (C=O) groups is 1. The van der Waals surface area contributed by atoms with Crippen molar-refractivity contribution in [3.8, 4) is 0 Å². The first-order chi connectivity index (χ1) is 12.2. The summed E-state index contributed by atoms with van der Waals surface area (Å²) in [5.41, 5.74) is -0.119. The number of amides is 1. The minimum absolute atomic E-state index is 0.128. The minimum atomic E-state index is -3.86. The van der Waals surface area contributed by atoms with Gasteiger partial charge in [-0.3, -0.25) is 9.10 Å². The Hall–Kier alpha value is -2.55. The predicted molar refractivity (Wildman–Crippen MR) is 91.7 cm³/mol. The van der Waals surface area contributed by atoms with Crippen LogP contribution in [0, 0.1) is 17.5 Å². The van der Waals surface area contributed by atoms with E-state index in [1.807, 2.05) is 0 Å². The lowest BCUT2D eigenvalue weighted by Crippen LogP contribution is -2.39. The van der Waals surface area contributed by atoms with Crippen molar-refractivity contribution in [3.63, 3.8) is 0 Å². The fraction of sp³-hybridized carbons (Fsp3) is 0.235. The van der Waals surface area contributed by atoms with Gasteiger partial charge in [-0.05, 0) is 23.8 Å². The van der Waals surface area contributed by atoms with Crippen molar-refractivity contribution in [2.24, 2.45) is 0 Å². The van der Waals surface area contributed by atoms with Crippen LogP contribution in [0.3, 0.4) is 0 Å². The molecule has 9 heteroatoms. The fourth-order valence-corrected chi connectivity index (χ4v) is 3.25. The first kappa shape index (κ1) is 19.8. The molecule has 2 aromatic carbocycles. The molecular formula is C17H17F3N2O3S. The van der Waals surface area contributed by atoms with E-state index in [0.717, 1.165) is 22.7 Å². The highest BCUT2D eigenvalue weighted by Gasteiger charge is 2.21. The van der Waals surface area contributed by atoms with Crippen LogP contribution in [0.5, 0.6) is 0 Å². The van der Waals surface area contributed by atoms with Crippen LogP contribution in [0.15, 0.2) is 42.5 Å². The average Bonchev–Trinajstić information content (AvgIpc) is 2.54. The van der Waals surface area contributed by atoms with Crippen LogP contribution >= 0.6 is 0 Å². The van der Waals surface area contributed by atoms with Crippen molar-refractivity contribution < 1.29 is 26.4 Å². The molecule has 0 aliphatic heterocycles. The van der Waals surface area contributed by atoms with Gasteiger partial charge in [-0.1, -0.05) is 18.2 Å². The van der Waals surface area contributed by atoms with Crippen molar-refractivity contribution in [3.05, 3.63) is 65.5 Å². The molecule has 0 radical (unpaired) electrons. The summed E-state index contributed by atoms with van der Waals surface area (Å²) in [5.74, 6) is -2.90. The number of anilines is 1. The molecule has 1 amide bonds. The standard InChI is InChI=1S/C17H17F3N2O3S/c1-26(24,25)22(16-7-6-13(18)11-15(16)20)9-8-21-17(23)10-12-4-2-3-5-14(12)19/h2-7,11H,8-10H2,1H3,(H,21,23). The Balaban J connectivity index is 2.02. The van der Waals surface area contributed by atoms with E-state index in [2.05, 4.69) is 5.32 Å². The molecule has 0 fully saturated rings. The monoisotopic (exact) mass is 386 g/mol. The topological polar surface area (TPSA) is 66.5 Å². The number of sulfonamides is 1. The van der Waals surface area contributed by atoms with Gasteiger partial charge in [-0.2, -0.15) is 0 Å². The normalized spacial score (nSPS) is 11.2. The number of rotatable bonds is 7. The molecule has 1 N–H and O–H groups in total. The molecule has 0 aromatic heterocycles. The first-order valence-electron chi connectivity index (χ1n) is 7.61. The number of halogens is 3. The quantitative estimate of drug-likeness (QED) is 0.794. The van der Waals surface area contributed by atoms with Crippen molar-refractivity contribution in [2.75, 3.05) is 23.7 Å². The predicted octanol–water partition coefficient (Wildman–Crippen LogP) is 2.23. The van der Waals surface area contributed by atoms with E-state index >= 15 is 0 Å². The molecule has 0 spiro atoms. The second kappa shape index (κ2) is 8.22. The lowest BCUT2D eigenvalue weighted by atomic mass is 10.1. The second-order valence-electron chi connectivity index (χ2n) is 5.55. The van der Waals surface area contributed by atoms with Crippen LogP contribution < -0.4 is 9.62 Å². The molecule has 0 saturated carbocycles. The molecule has 0 aliphatic rings. The lowest BCUT2D eigenvalue weighted by Gasteiger charge is -2.23. The average molecular weight is 386 g/mol. The van der Waals surface area contributed by atoms with E-state index in [9.17, 15) is 26.4 Å². The highest BCUT2D eigenvalue weighted by molar-refractivity contribution is 7.92. The third-order valence-electron chi connectivity index (χ3n) is 3.52. The van der Waals surface area contributed by atoms with E-state index in [0.29, 0.717) is 6.07 Å². The Morgan fingerprint density at radius 3 is 2.38 bits per heavy atom. The maximum atomic E-state index is 13.9. The summed E-state index contributed by atoms with van der Waals surface area (Å²) in [7, 11) is -3.86. The Morgan fingerprint density at radius 2 is 1.77 bits per heavy atom. The minimum Gasteiger partial charge on any atom is -0.354 e. The first-order valence-corrected chi connectivity index (χ1v) is 9.46. The maximum Gasteiger partial charge on any atom is 0.232 e. The number of carbonyl (C=O) groups excluding carboxylic acids is 1. The van der Waals surface area contributed by atoms with E-state index in [-0.39, 0.29) is 30.8 Å². The van der Waals surface area contributed by atoms with Gasteiger partial charge in [0.2, 0.25) is 15.9 Å². The van der Waals surface area contributed by atoms with Gasteiger partial charge < -0.3 is 5.32 Å². The molecule has 2 rings (SSSR count). The SMILES string of the molecule is CS(=O)(=O)N(CCNC(=O)Cc1ccccc1F)c1ccc(F)cc1F.